The zero-order valence-electron chi connectivity index (χ0n) is 14.8. The van der Waals surface area contributed by atoms with E-state index in [0.717, 1.165) is 18.4 Å². The van der Waals surface area contributed by atoms with Crippen molar-refractivity contribution in [2.75, 3.05) is 6.54 Å². The monoisotopic (exact) mass is 385 g/mol. The van der Waals surface area contributed by atoms with Crippen molar-refractivity contribution in [1.82, 2.24) is 24.5 Å². The number of aryl methyl sites for hydroxylation is 1. The van der Waals surface area contributed by atoms with E-state index in [0.29, 0.717) is 18.7 Å². The lowest BCUT2D eigenvalue weighted by molar-refractivity contribution is 0.220. The molecule has 0 bridgehead atoms. The summed E-state index contributed by atoms with van der Waals surface area (Å²) in [4.78, 5) is 8.40. The number of hydrogen-bond acceptors (Lipinski definition) is 7. The number of piperidine rings is 1. The SMILES string of the molecule is Cc1ccc(S(=O)(=O)N2CCCC[C@H]2c2nnc(-c3cnccn3)o2)cc1. The quantitative estimate of drug-likeness (QED) is 0.680. The van der Waals surface area contributed by atoms with Gasteiger partial charge in [-0.05, 0) is 31.9 Å². The molecule has 0 N–H and O–H groups in total. The van der Waals surface area contributed by atoms with Gasteiger partial charge in [-0.15, -0.1) is 10.2 Å². The molecule has 140 valence electrons. The van der Waals surface area contributed by atoms with Gasteiger partial charge in [0, 0.05) is 18.9 Å². The van der Waals surface area contributed by atoms with E-state index in [4.69, 9.17) is 4.42 Å². The van der Waals surface area contributed by atoms with Gasteiger partial charge in [0.1, 0.15) is 11.7 Å². The molecule has 1 aliphatic heterocycles. The van der Waals surface area contributed by atoms with Gasteiger partial charge < -0.3 is 4.42 Å². The highest BCUT2D eigenvalue weighted by Gasteiger charge is 2.37. The molecule has 9 heteroatoms. The minimum atomic E-state index is -3.65. The van der Waals surface area contributed by atoms with Crippen molar-refractivity contribution in [2.24, 2.45) is 0 Å². The van der Waals surface area contributed by atoms with Crippen LogP contribution in [0.15, 0.2) is 52.2 Å². The van der Waals surface area contributed by atoms with Crippen LogP contribution in [0.4, 0.5) is 0 Å². The Labute approximate surface area is 157 Å². The normalized spacial score (nSPS) is 18.5. The third-order valence-electron chi connectivity index (χ3n) is 4.59. The van der Waals surface area contributed by atoms with Crippen LogP contribution in [0, 0.1) is 6.92 Å². The largest absolute Gasteiger partial charge is 0.417 e. The summed E-state index contributed by atoms with van der Waals surface area (Å²) >= 11 is 0. The van der Waals surface area contributed by atoms with Crippen molar-refractivity contribution >= 4 is 10.0 Å². The average molecular weight is 385 g/mol. The van der Waals surface area contributed by atoms with Gasteiger partial charge in [-0.3, -0.25) is 4.98 Å². The van der Waals surface area contributed by atoms with Crippen LogP contribution in [-0.2, 0) is 10.0 Å². The fraction of sp³-hybridized carbons (Fsp3) is 0.333. The lowest BCUT2D eigenvalue weighted by Crippen LogP contribution is -2.38. The summed E-state index contributed by atoms with van der Waals surface area (Å²) in [5, 5.41) is 8.12. The maximum absolute atomic E-state index is 13.2. The van der Waals surface area contributed by atoms with Crippen molar-refractivity contribution in [3.8, 4) is 11.6 Å². The predicted octanol–water partition coefficient (Wildman–Crippen LogP) is 2.75. The summed E-state index contributed by atoms with van der Waals surface area (Å²) in [7, 11) is -3.65. The van der Waals surface area contributed by atoms with Crippen molar-refractivity contribution in [3.63, 3.8) is 0 Å². The van der Waals surface area contributed by atoms with Crippen LogP contribution in [-0.4, -0.2) is 39.4 Å². The fourth-order valence-corrected chi connectivity index (χ4v) is 4.82. The summed E-state index contributed by atoms with van der Waals surface area (Å²) in [6.07, 6.45) is 6.94. The maximum atomic E-state index is 13.2. The number of rotatable bonds is 4. The maximum Gasteiger partial charge on any atom is 0.267 e. The smallest absolute Gasteiger partial charge is 0.267 e. The van der Waals surface area contributed by atoms with Crippen LogP contribution in [0.1, 0.15) is 36.8 Å². The third kappa shape index (κ3) is 3.47. The molecule has 1 saturated heterocycles. The van der Waals surface area contributed by atoms with Crippen molar-refractivity contribution < 1.29 is 12.8 Å². The highest BCUT2D eigenvalue weighted by atomic mass is 32.2. The Bertz CT molecular complexity index is 1020. The zero-order valence-corrected chi connectivity index (χ0v) is 15.6. The molecule has 1 fully saturated rings. The molecule has 0 aliphatic carbocycles. The van der Waals surface area contributed by atoms with Gasteiger partial charge in [0.05, 0.1) is 11.1 Å². The highest BCUT2D eigenvalue weighted by molar-refractivity contribution is 7.89. The van der Waals surface area contributed by atoms with E-state index in [-0.39, 0.29) is 16.7 Å². The lowest BCUT2D eigenvalue weighted by Gasteiger charge is -2.32. The van der Waals surface area contributed by atoms with Gasteiger partial charge in [-0.1, -0.05) is 24.1 Å². The molecular weight excluding hydrogens is 366 g/mol. The van der Waals surface area contributed by atoms with Crippen LogP contribution in [0.2, 0.25) is 0 Å². The molecule has 1 aromatic carbocycles. The first-order valence-corrected chi connectivity index (χ1v) is 10.2. The average Bonchev–Trinajstić information content (AvgIpc) is 3.19. The van der Waals surface area contributed by atoms with Crippen molar-refractivity contribution in [3.05, 3.63) is 54.3 Å². The van der Waals surface area contributed by atoms with E-state index in [2.05, 4.69) is 20.2 Å². The molecule has 3 heterocycles. The predicted molar refractivity (Wildman–Crippen MR) is 97.0 cm³/mol. The topological polar surface area (TPSA) is 102 Å². The molecule has 1 aliphatic rings. The van der Waals surface area contributed by atoms with E-state index in [1.807, 2.05) is 6.92 Å². The van der Waals surface area contributed by atoms with E-state index in [9.17, 15) is 8.42 Å². The van der Waals surface area contributed by atoms with E-state index in [1.165, 1.54) is 16.7 Å². The van der Waals surface area contributed by atoms with Crippen LogP contribution in [0.3, 0.4) is 0 Å². The molecule has 0 spiro atoms. The van der Waals surface area contributed by atoms with Gasteiger partial charge in [0.15, 0.2) is 0 Å². The molecule has 27 heavy (non-hydrogen) atoms. The second-order valence-corrected chi connectivity index (χ2v) is 8.37. The first-order chi connectivity index (χ1) is 13.1. The number of benzene rings is 1. The van der Waals surface area contributed by atoms with Gasteiger partial charge in [-0.2, -0.15) is 4.31 Å². The van der Waals surface area contributed by atoms with Crippen LogP contribution in [0.5, 0.6) is 0 Å². The van der Waals surface area contributed by atoms with Gasteiger partial charge in [0.2, 0.25) is 15.9 Å². The number of sulfonamides is 1. The standard InChI is InChI=1S/C18H19N5O3S/c1-13-5-7-14(8-6-13)27(24,25)23-11-3-2-4-16(23)18-22-21-17(26-18)15-12-19-9-10-20-15/h5-10,12,16H,2-4,11H2,1H3/t16-/m0/s1. The summed E-state index contributed by atoms with van der Waals surface area (Å²) in [5.41, 5.74) is 1.47. The van der Waals surface area contributed by atoms with Gasteiger partial charge in [-0.25, -0.2) is 13.4 Å². The Balaban J connectivity index is 1.67. The highest BCUT2D eigenvalue weighted by Crippen LogP contribution is 2.35. The Morgan fingerprint density at radius 2 is 1.93 bits per heavy atom. The Morgan fingerprint density at radius 1 is 1.11 bits per heavy atom. The van der Waals surface area contributed by atoms with Crippen molar-refractivity contribution in [2.45, 2.75) is 37.1 Å². The summed E-state index contributed by atoms with van der Waals surface area (Å²) in [6, 6.07) is 6.38. The van der Waals surface area contributed by atoms with Gasteiger partial charge >= 0.3 is 0 Å². The van der Waals surface area contributed by atoms with E-state index < -0.39 is 16.1 Å². The lowest BCUT2D eigenvalue weighted by atomic mass is 10.1. The molecular formula is C18H19N5O3S. The zero-order chi connectivity index (χ0) is 18.9. The second-order valence-electron chi connectivity index (χ2n) is 6.48. The molecule has 2 aromatic heterocycles. The van der Waals surface area contributed by atoms with E-state index in [1.54, 1.807) is 30.5 Å². The number of aromatic nitrogens is 4. The second kappa shape index (κ2) is 7.16. The van der Waals surface area contributed by atoms with Crippen molar-refractivity contribution in [1.29, 1.82) is 0 Å². The first kappa shape index (κ1) is 17.7. The summed E-state index contributed by atoms with van der Waals surface area (Å²) in [6.45, 7) is 2.34. The number of hydrogen-bond donors (Lipinski definition) is 0. The van der Waals surface area contributed by atoms with Crippen LogP contribution >= 0.6 is 0 Å². The molecule has 3 aromatic rings. The number of nitrogens with zero attached hydrogens (tertiary/aromatic N) is 5. The molecule has 8 nitrogen and oxygen atoms in total. The van der Waals surface area contributed by atoms with Gasteiger partial charge in [0.25, 0.3) is 5.89 Å². The third-order valence-corrected chi connectivity index (χ3v) is 6.51. The summed E-state index contributed by atoms with van der Waals surface area (Å²) in [5.74, 6) is 0.516. The Hall–Kier alpha value is -2.65. The molecule has 4 rings (SSSR count). The van der Waals surface area contributed by atoms with Crippen LogP contribution < -0.4 is 0 Å². The van der Waals surface area contributed by atoms with Crippen LogP contribution in [0.25, 0.3) is 11.6 Å². The summed E-state index contributed by atoms with van der Waals surface area (Å²) < 4.78 is 33.6. The molecule has 0 saturated carbocycles. The first-order valence-electron chi connectivity index (χ1n) is 8.74. The molecule has 0 unspecified atom stereocenters. The molecule has 0 radical (unpaired) electrons. The minimum Gasteiger partial charge on any atom is -0.417 e. The fourth-order valence-electron chi connectivity index (χ4n) is 3.17. The van der Waals surface area contributed by atoms with E-state index >= 15 is 0 Å². The Kier molecular flexibility index (Phi) is 4.71. The minimum absolute atomic E-state index is 0.233. The Morgan fingerprint density at radius 3 is 2.67 bits per heavy atom. The molecule has 0 amide bonds. The molecule has 1 atom stereocenters.